The van der Waals surface area contributed by atoms with Crippen molar-refractivity contribution in [3.05, 3.63) is 89.1 Å². The van der Waals surface area contributed by atoms with Gasteiger partial charge < -0.3 is 19.3 Å². The number of rotatable bonds is 8. The van der Waals surface area contributed by atoms with Gasteiger partial charge in [-0.1, -0.05) is 23.4 Å². The van der Waals surface area contributed by atoms with E-state index in [1.54, 1.807) is 42.6 Å². The number of aryl methyl sites for hydroxylation is 2. The standard InChI is InChI=1S/C28H28N4O5/c1-17-10-23(37-31-17)7-9-26(34)19-5-3-4-18(11-19)25-13-22(33)16-32(25)28(35)20-6-8-24(27(12-20)36-2)21-14-29-30-15-21/h3-6,8,10-12,14-15,22,25,33H,7,9,13,16H2,1-2H3,(H,29,30)/t22?,25-/m1/s1. The molecule has 37 heavy (non-hydrogen) atoms. The van der Waals surface area contributed by atoms with Gasteiger partial charge in [-0.2, -0.15) is 5.10 Å². The normalized spacial score (nSPS) is 17.2. The summed E-state index contributed by atoms with van der Waals surface area (Å²) >= 11 is 0. The molecular weight excluding hydrogens is 472 g/mol. The Balaban J connectivity index is 1.36. The quantitative estimate of drug-likeness (QED) is 0.349. The first-order valence-corrected chi connectivity index (χ1v) is 12.1. The van der Waals surface area contributed by atoms with Gasteiger partial charge in [0, 0.05) is 53.9 Å². The molecule has 5 rings (SSSR count). The number of carbonyl (C=O) groups is 2. The van der Waals surface area contributed by atoms with Crippen LogP contribution in [-0.4, -0.2) is 56.8 Å². The van der Waals surface area contributed by atoms with Crippen LogP contribution in [0.1, 0.15) is 56.6 Å². The van der Waals surface area contributed by atoms with Crippen LogP contribution in [0, 0.1) is 6.92 Å². The van der Waals surface area contributed by atoms with Crippen LogP contribution >= 0.6 is 0 Å². The number of ether oxygens (including phenoxy) is 1. The van der Waals surface area contributed by atoms with E-state index in [1.807, 2.05) is 37.3 Å². The van der Waals surface area contributed by atoms with E-state index in [4.69, 9.17) is 9.26 Å². The van der Waals surface area contributed by atoms with Crippen molar-refractivity contribution in [1.29, 1.82) is 0 Å². The van der Waals surface area contributed by atoms with E-state index in [0.29, 0.717) is 35.5 Å². The van der Waals surface area contributed by atoms with E-state index >= 15 is 0 Å². The zero-order valence-corrected chi connectivity index (χ0v) is 20.7. The first-order valence-electron chi connectivity index (χ1n) is 12.1. The molecule has 1 aliphatic rings. The zero-order chi connectivity index (χ0) is 25.9. The van der Waals surface area contributed by atoms with Crippen molar-refractivity contribution in [1.82, 2.24) is 20.3 Å². The van der Waals surface area contributed by atoms with Crippen LogP contribution in [0.25, 0.3) is 11.1 Å². The number of benzene rings is 2. The average molecular weight is 501 g/mol. The summed E-state index contributed by atoms with van der Waals surface area (Å²) in [5, 5.41) is 21.1. The molecule has 1 aliphatic heterocycles. The molecule has 1 saturated heterocycles. The number of ketones is 1. The maximum Gasteiger partial charge on any atom is 0.254 e. The van der Waals surface area contributed by atoms with Crippen molar-refractivity contribution in [3.8, 4) is 16.9 Å². The highest BCUT2D eigenvalue weighted by Crippen LogP contribution is 2.36. The van der Waals surface area contributed by atoms with E-state index in [1.165, 1.54) is 0 Å². The number of nitrogens with one attached hydrogen (secondary N) is 1. The molecule has 1 unspecified atom stereocenters. The number of H-pyrrole nitrogens is 1. The number of likely N-dealkylation sites (tertiary alicyclic amines) is 1. The Morgan fingerprint density at radius 3 is 2.78 bits per heavy atom. The minimum Gasteiger partial charge on any atom is -0.496 e. The topological polar surface area (TPSA) is 122 Å². The van der Waals surface area contributed by atoms with E-state index in [9.17, 15) is 14.7 Å². The molecule has 0 saturated carbocycles. The Morgan fingerprint density at radius 1 is 1.19 bits per heavy atom. The van der Waals surface area contributed by atoms with Crippen molar-refractivity contribution in [2.45, 2.75) is 38.3 Å². The van der Waals surface area contributed by atoms with Crippen LogP contribution in [-0.2, 0) is 6.42 Å². The fraction of sp³-hybridized carbons (Fsp3) is 0.286. The number of Topliss-reactive ketones (excluding diaryl/α,β-unsaturated/α-hetero) is 1. The molecule has 2 N–H and O–H groups in total. The Morgan fingerprint density at radius 2 is 2.05 bits per heavy atom. The molecule has 0 aliphatic carbocycles. The minimum atomic E-state index is -0.657. The van der Waals surface area contributed by atoms with Crippen LogP contribution in [0.3, 0.4) is 0 Å². The second-order valence-electron chi connectivity index (χ2n) is 9.25. The molecule has 2 aromatic carbocycles. The lowest BCUT2D eigenvalue weighted by molar-refractivity contribution is 0.0715. The number of aromatic nitrogens is 3. The highest BCUT2D eigenvalue weighted by molar-refractivity contribution is 5.97. The summed E-state index contributed by atoms with van der Waals surface area (Å²) in [7, 11) is 1.56. The van der Waals surface area contributed by atoms with Crippen molar-refractivity contribution >= 4 is 11.7 Å². The summed E-state index contributed by atoms with van der Waals surface area (Å²) < 4.78 is 10.8. The monoisotopic (exact) mass is 500 g/mol. The predicted molar refractivity (Wildman–Crippen MR) is 135 cm³/mol. The number of nitrogens with zero attached hydrogens (tertiary/aromatic N) is 3. The van der Waals surface area contributed by atoms with Gasteiger partial charge in [-0.3, -0.25) is 14.7 Å². The van der Waals surface area contributed by atoms with E-state index in [0.717, 1.165) is 22.4 Å². The van der Waals surface area contributed by atoms with Gasteiger partial charge in [-0.25, -0.2) is 0 Å². The van der Waals surface area contributed by atoms with Crippen LogP contribution in [0.4, 0.5) is 0 Å². The largest absolute Gasteiger partial charge is 0.496 e. The van der Waals surface area contributed by atoms with E-state index in [2.05, 4.69) is 15.4 Å². The lowest BCUT2D eigenvalue weighted by Crippen LogP contribution is -2.31. The number of β-amino-alcohol motifs (C(OH)–C–C–N with tert-alkyl or cyclic N) is 1. The van der Waals surface area contributed by atoms with E-state index < -0.39 is 6.10 Å². The third-order valence-corrected chi connectivity index (χ3v) is 6.67. The van der Waals surface area contributed by atoms with Crippen molar-refractivity contribution in [2.75, 3.05) is 13.7 Å². The lowest BCUT2D eigenvalue weighted by Gasteiger charge is -2.25. The molecule has 1 amide bonds. The molecular formula is C28H28N4O5. The highest BCUT2D eigenvalue weighted by atomic mass is 16.5. The highest BCUT2D eigenvalue weighted by Gasteiger charge is 2.36. The van der Waals surface area contributed by atoms with Crippen LogP contribution < -0.4 is 4.74 Å². The van der Waals surface area contributed by atoms with E-state index in [-0.39, 0.29) is 30.7 Å². The summed E-state index contributed by atoms with van der Waals surface area (Å²) in [5.41, 5.74) is 4.28. The first kappa shape index (κ1) is 24.5. The lowest BCUT2D eigenvalue weighted by atomic mass is 9.97. The number of aliphatic hydroxyl groups excluding tert-OH is 1. The molecule has 1 fully saturated rings. The molecule has 4 aromatic rings. The van der Waals surface area contributed by atoms with Crippen molar-refractivity contribution in [3.63, 3.8) is 0 Å². The number of hydrogen-bond acceptors (Lipinski definition) is 7. The van der Waals surface area contributed by atoms with Crippen LogP contribution in [0.2, 0.25) is 0 Å². The molecule has 9 heteroatoms. The molecule has 2 atom stereocenters. The fourth-order valence-electron chi connectivity index (χ4n) is 4.82. The molecule has 9 nitrogen and oxygen atoms in total. The zero-order valence-electron chi connectivity index (χ0n) is 20.7. The molecule has 0 radical (unpaired) electrons. The van der Waals surface area contributed by atoms with Crippen molar-refractivity contribution < 1.29 is 24.0 Å². The van der Waals surface area contributed by atoms with Crippen molar-refractivity contribution in [2.24, 2.45) is 0 Å². The summed E-state index contributed by atoms with van der Waals surface area (Å²) in [4.78, 5) is 28.1. The molecule has 0 bridgehead atoms. The third kappa shape index (κ3) is 5.17. The van der Waals surface area contributed by atoms with Gasteiger partial charge in [0.15, 0.2) is 5.78 Å². The van der Waals surface area contributed by atoms with Crippen LogP contribution in [0.5, 0.6) is 5.75 Å². The second-order valence-corrected chi connectivity index (χ2v) is 9.25. The van der Waals surface area contributed by atoms with Gasteiger partial charge in [0.1, 0.15) is 11.5 Å². The minimum absolute atomic E-state index is 0.0214. The fourth-order valence-corrected chi connectivity index (χ4v) is 4.82. The van der Waals surface area contributed by atoms with Gasteiger partial charge in [-0.15, -0.1) is 0 Å². The number of methoxy groups -OCH3 is 1. The van der Waals surface area contributed by atoms with Crippen LogP contribution in [0.15, 0.2) is 65.4 Å². The Kier molecular flexibility index (Phi) is 6.87. The predicted octanol–water partition coefficient (Wildman–Crippen LogP) is 4.15. The number of carbonyl (C=O) groups excluding carboxylic acids is 2. The van der Waals surface area contributed by atoms with Gasteiger partial charge in [-0.05, 0) is 43.2 Å². The Bertz CT molecular complexity index is 1410. The SMILES string of the molecule is COc1cc(C(=O)N2CC(O)C[C@@H]2c2cccc(C(=O)CCc3cc(C)no3)c2)ccc1-c1cn[nH]c1. The summed E-state index contributed by atoms with van der Waals surface area (Å²) in [6, 6.07) is 14.1. The second kappa shape index (κ2) is 10.4. The van der Waals surface area contributed by atoms with Gasteiger partial charge in [0.05, 0.1) is 31.1 Å². The number of amides is 1. The maximum absolute atomic E-state index is 13.6. The van der Waals surface area contributed by atoms with Gasteiger partial charge in [0.25, 0.3) is 5.91 Å². The third-order valence-electron chi connectivity index (χ3n) is 6.67. The van der Waals surface area contributed by atoms with Gasteiger partial charge >= 0.3 is 0 Å². The summed E-state index contributed by atoms with van der Waals surface area (Å²) in [5.74, 6) is 0.993. The molecule has 3 heterocycles. The summed E-state index contributed by atoms with van der Waals surface area (Å²) in [6.07, 6.45) is 3.94. The number of aromatic amines is 1. The Labute approximate surface area is 214 Å². The number of hydrogen-bond donors (Lipinski definition) is 2. The molecule has 2 aromatic heterocycles. The molecule has 190 valence electrons. The number of aliphatic hydroxyl groups is 1. The maximum atomic E-state index is 13.6. The van der Waals surface area contributed by atoms with Gasteiger partial charge in [0.2, 0.25) is 0 Å². The first-order chi connectivity index (χ1) is 17.9. The Hall–Kier alpha value is -4.24. The summed E-state index contributed by atoms with van der Waals surface area (Å²) in [6.45, 7) is 2.05. The average Bonchev–Trinajstić information content (AvgIpc) is 3.68. The smallest absolute Gasteiger partial charge is 0.254 e. The molecule has 0 spiro atoms.